The minimum absolute atomic E-state index is 0.173. The van der Waals surface area contributed by atoms with Gasteiger partial charge >= 0.3 is 0 Å². The highest BCUT2D eigenvalue weighted by atomic mass is 79.9. The number of halogens is 1. The summed E-state index contributed by atoms with van der Waals surface area (Å²) in [4.78, 5) is 16.8. The lowest BCUT2D eigenvalue weighted by Crippen LogP contribution is -2.10. The summed E-state index contributed by atoms with van der Waals surface area (Å²) in [6.45, 7) is 0. The number of benzene rings is 2. The minimum atomic E-state index is 0.173. The number of Topliss-reactive ketones (excluding diaryl/α,β-unsaturated/α-hetero) is 1. The van der Waals surface area contributed by atoms with E-state index in [1.807, 2.05) is 60.1 Å². The molecule has 106 valence electrons. The maximum Gasteiger partial charge on any atom is 0.144 e. The lowest BCUT2D eigenvalue weighted by atomic mass is 10.1. The van der Waals surface area contributed by atoms with Gasteiger partial charge in [-0.25, -0.2) is 4.98 Å². The van der Waals surface area contributed by atoms with Gasteiger partial charge in [-0.3, -0.25) is 4.79 Å². The molecule has 0 fully saturated rings. The molecule has 0 N–H and O–H groups in total. The van der Waals surface area contributed by atoms with Gasteiger partial charge in [0.05, 0.1) is 17.5 Å². The molecule has 0 aliphatic carbocycles. The molecule has 0 atom stereocenters. The number of fused-ring (bicyclic) bond motifs is 1. The quantitative estimate of drug-likeness (QED) is 0.724. The van der Waals surface area contributed by atoms with Crippen molar-refractivity contribution in [3.8, 4) is 0 Å². The SMILES string of the molecule is Cn1c(CC(=O)Cc2cccc(Br)c2)nc2ccccc21. The van der Waals surface area contributed by atoms with E-state index in [4.69, 9.17) is 0 Å². The van der Waals surface area contributed by atoms with Gasteiger partial charge < -0.3 is 4.57 Å². The second-order valence-corrected chi connectivity index (χ2v) is 6.01. The molecule has 0 spiro atoms. The van der Waals surface area contributed by atoms with Gasteiger partial charge in [0.25, 0.3) is 0 Å². The van der Waals surface area contributed by atoms with Gasteiger partial charge in [-0.05, 0) is 29.8 Å². The van der Waals surface area contributed by atoms with Crippen molar-refractivity contribution < 1.29 is 4.79 Å². The molecule has 2 aromatic carbocycles. The molecule has 0 radical (unpaired) electrons. The molecule has 3 aromatic rings. The van der Waals surface area contributed by atoms with E-state index in [2.05, 4.69) is 20.9 Å². The van der Waals surface area contributed by atoms with Crippen LogP contribution >= 0.6 is 15.9 Å². The molecule has 1 aromatic heterocycles. The van der Waals surface area contributed by atoms with E-state index < -0.39 is 0 Å². The number of aromatic nitrogens is 2. The number of carbonyl (C=O) groups excluding carboxylic acids is 1. The number of imidazole rings is 1. The van der Waals surface area contributed by atoms with Crippen LogP contribution in [0.5, 0.6) is 0 Å². The van der Waals surface area contributed by atoms with Crippen molar-refractivity contribution in [2.75, 3.05) is 0 Å². The maximum atomic E-state index is 12.3. The fraction of sp³-hybridized carbons (Fsp3) is 0.176. The molecule has 0 saturated carbocycles. The predicted octanol–water partition coefficient (Wildman–Crippen LogP) is 3.69. The standard InChI is InChI=1S/C17H15BrN2O/c1-20-16-8-3-2-7-15(16)19-17(20)11-14(21)10-12-5-4-6-13(18)9-12/h2-9H,10-11H2,1H3. The third kappa shape index (κ3) is 3.05. The van der Waals surface area contributed by atoms with Crippen LogP contribution in [0.25, 0.3) is 11.0 Å². The first-order valence-electron chi connectivity index (χ1n) is 6.80. The molecule has 0 aliphatic heterocycles. The largest absolute Gasteiger partial charge is 0.331 e. The zero-order valence-corrected chi connectivity index (χ0v) is 13.3. The summed E-state index contributed by atoms with van der Waals surface area (Å²) in [6, 6.07) is 15.8. The predicted molar refractivity (Wildman–Crippen MR) is 87.3 cm³/mol. The molecule has 3 rings (SSSR count). The van der Waals surface area contributed by atoms with E-state index in [0.717, 1.165) is 26.9 Å². The van der Waals surface area contributed by atoms with Crippen molar-refractivity contribution in [2.45, 2.75) is 12.8 Å². The Hall–Kier alpha value is -1.94. The van der Waals surface area contributed by atoms with E-state index >= 15 is 0 Å². The van der Waals surface area contributed by atoms with Gasteiger partial charge in [0.1, 0.15) is 11.6 Å². The average Bonchev–Trinajstić information content (AvgIpc) is 2.76. The fourth-order valence-corrected chi connectivity index (χ4v) is 2.91. The summed E-state index contributed by atoms with van der Waals surface area (Å²) in [5.74, 6) is 0.989. The molecule has 0 amide bonds. The highest BCUT2D eigenvalue weighted by Gasteiger charge is 2.12. The van der Waals surface area contributed by atoms with Gasteiger partial charge in [0.15, 0.2) is 0 Å². The first kappa shape index (κ1) is 14.0. The van der Waals surface area contributed by atoms with Crippen molar-refractivity contribution >= 4 is 32.7 Å². The van der Waals surface area contributed by atoms with Crippen LogP contribution < -0.4 is 0 Å². The Morgan fingerprint density at radius 2 is 1.95 bits per heavy atom. The molecule has 0 aliphatic rings. The summed E-state index contributed by atoms with van der Waals surface area (Å²) in [7, 11) is 1.96. The van der Waals surface area contributed by atoms with Gasteiger partial charge in [-0.2, -0.15) is 0 Å². The number of para-hydroxylation sites is 2. The fourth-order valence-electron chi connectivity index (χ4n) is 2.47. The number of aryl methyl sites for hydroxylation is 1. The van der Waals surface area contributed by atoms with E-state index in [-0.39, 0.29) is 5.78 Å². The van der Waals surface area contributed by atoms with Crippen LogP contribution in [0.3, 0.4) is 0 Å². The molecule has 3 nitrogen and oxygen atoms in total. The molecule has 1 heterocycles. The number of ketones is 1. The molecular weight excluding hydrogens is 328 g/mol. The Morgan fingerprint density at radius 3 is 2.71 bits per heavy atom. The summed E-state index contributed by atoms with van der Waals surface area (Å²) < 4.78 is 2.99. The Morgan fingerprint density at radius 1 is 1.14 bits per heavy atom. The summed E-state index contributed by atoms with van der Waals surface area (Å²) in [5.41, 5.74) is 3.01. The molecule has 0 bridgehead atoms. The first-order chi connectivity index (χ1) is 10.1. The van der Waals surface area contributed by atoms with Crippen molar-refractivity contribution in [3.05, 3.63) is 64.4 Å². The van der Waals surface area contributed by atoms with Gasteiger partial charge in [0, 0.05) is 17.9 Å². The number of rotatable bonds is 4. The molecule has 21 heavy (non-hydrogen) atoms. The van der Waals surface area contributed by atoms with Crippen molar-refractivity contribution in [1.82, 2.24) is 9.55 Å². The third-order valence-electron chi connectivity index (χ3n) is 3.53. The Bertz CT molecular complexity index is 807. The van der Waals surface area contributed by atoms with Gasteiger partial charge in [-0.15, -0.1) is 0 Å². The Kier molecular flexibility index (Phi) is 3.88. The molecular formula is C17H15BrN2O. The van der Waals surface area contributed by atoms with Crippen molar-refractivity contribution in [3.63, 3.8) is 0 Å². The van der Waals surface area contributed by atoms with Crippen LogP contribution in [-0.2, 0) is 24.7 Å². The smallest absolute Gasteiger partial charge is 0.144 e. The summed E-state index contributed by atoms with van der Waals surface area (Å²) in [6.07, 6.45) is 0.792. The minimum Gasteiger partial charge on any atom is -0.331 e. The summed E-state index contributed by atoms with van der Waals surface area (Å²) in [5, 5.41) is 0. The Labute approximate surface area is 131 Å². The Balaban J connectivity index is 1.79. The monoisotopic (exact) mass is 342 g/mol. The zero-order valence-electron chi connectivity index (χ0n) is 11.7. The highest BCUT2D eigenvalue weighted by molar-refractivity contribution is 9.10. The van der Waals surface area contributed by atoms with Crippen molar-refractivity contribution in [1.29, 1.82) is 0 Å². The number of hydrogen-bond acceptors (Lipinski definition) is 2. The first-order valence-corrected chi connectivity index (χ1v) is 7.59. The van der Waals surface area contributed by atoms with Crippen LogP contribution in [0.15, 0.2) is 53.0 Å². The number of hydrogen-bond donors (Lipinski definition) is 0. The van der Waals surface area contributed by atoms with Crippen LogP contribution in [0.4, 0.5) is 0 Å². The molecule has 0 saturated heterocycles. The lowest BCUT2D eigenvalue weighted by molar-refractivity contribution is -0.117. The van der Waals surface area contributed by atoms with E-state index in [9.17, 15) is 4.79 Å². The zero-order chi connectivity index (χ0) is 14.8. The van der Waals surface area contributed by atoms with Crippen LogP contribution in [0, 0.1) is 0 Å². The maximum absolute atomic E-state index is 12.3. The van der Waals surface area contributed by atoms with Gasteiger partial charge in [0.2, 0.25) is 0 Å². The summed E-state index contributed by atoms with van der Waals surface area (Å²) >= 11 is 3.43. The molecule has 0 unspecified atom stereocenters. The van der Waals surface area contributed by atoms with Crippen LogP contribution in [0.2, 0.25) is 0 Å². The van der Waals surface area contributed by atoms with Crippen LogP contribution in [-0.4, -0.2) is 15.3 Å². The average molecular weight is 343 g/mol. The number of nitrogens with zero attached hydrogens (tertiary/aromatic N) is 2. The molecule has 4 heteroatoms. The van der Waals surface area contributed by atoms with Crippen molar-refractivity contribution in [2.24, 2.45) is 7.05 Å². The van der Waals surface area contributed by atoms with E-state index in [1.54, 1.807) is 0 Å². The van der Waals surface area contributed by atoms with E-state index in [0.29, 0.717) is 12.8 Å². The van der Waals surface area contributed by atoms with Crippen LogP contribution in [0.1, 0.15) is 11.4 Å². The van der Waals surface area contributed by atoms with Gasteiger partial charge in [-0.1, -0.05) is 40.2 Å². The second-order valence-electron chi connectivity index (χ2n) is 5.10. The number of carbonyl (C=O) groups is 1. The lowest BCUT2D eigenvalue weighted by Gasteiger charge is -2.03. The normalized spacial score (nSPS) is 11.0. The highest BCUT2D eigenvalue weighted by Crippen LogP contribution is 2.16. The second kappa shape index (κ2) is 5.82. The third-order valence-corrected chi connectivity index (χ3v) is 4.02. The van der Waals surface area contributed by atoms with E-state index in [1.165, 1.54) is 0 Å². The topological polar surface area (TPSA) is 34.9 Å².